The normalized spacial score (nSPS) is 18.6. The molecule has 0 spiro atoms. The monoisotopic (exact) mass is 572 g/mol. The summed E-state index contributed by atoms with van der Waals surface area (Å²) in [6.45, 7) is 9.92. The molecule has 0 radical (unpaired) electrons. The summed E-state index contributed by atoms with van der Waals surface area (Å²) in [6, 6.07) is 7.65. The minimum atomic E-state index is -0.539. The molecule has 1 saturated carbocycles. The summed E-state index contributed by atoms with van der Waals surface area (Å²) in [4.78, 5) is 35.0. The van der Waals surface area contributed by atoms with Crippen molar-refractivity contribution in [2.24, 2.45) is 5.92 Å². The molecular weight excluding hydrogens is 532 g/mol. The Hall–Kier alpha value is -4.15. The van der Waals surface area contributed by atoms with E-state index in [0.717, 1.165) is 42.7 Å². The Balaban J connectivity index is 1.18. The number of carbonyl (C=O) groups is 1. The van der Waals surface area contributed by atoms with Crippen molar-refractivity contribution in [3.63, 3.8) is 0 Å². The molecule has 222 valence electrons. The fraction of sp³-hybridized carbons (Fsp3) is 0.516. The Morgan fingerprint density at radius 1 is 1.17 bits per heavy atom. The number of hydrogen-bond donors (Lipinski definition) is 0. The van der Waals surface area contributed by atoms with Crippen molar-refractivity contribution >= 4 is 17.3 Å². The van der Waals surface area contributed by atoms with Crippen LogP contribution in [0.4, 0.5) is 10.5 Å². The van der Waals surface area contributed by atoms with Crippen LogP contribution in [0, 0.1) is 5.92 Å². The average Bonchev–Trinajstić information content (AvgIpc) is 3.61. The van der Waals surface area contributed by atoms with Crippen LogP contribution in [0.3, 0.4) is 0 Å². The third kappa shape index (κ3) is 5.77. The van der Waals surface area contributed by atoms with Crippen LogP contribution in [-0.4, -0.2) is 71.2 Å². The zero-order valence-corrected chi connectivity index (χ0v) is 24.9. The molecule has 0 aromatic carbocycles. The number of fused-ring (bicyclic) bond motifs is 1. The topological polar surface area (TPSA) is 103 Å². The molecule has 2 atom stereocenters. The molecular formula is C31H40N8O3. The highest BCUT2D eigenvalue weighted by molar-refractivity contribution is 5.76. The van der Waals surface area contributed by atoms with Gasteiger partial charge in [0.25, 0.3) is 5.56 Å². The molecule has 11 nitrogen and oxygen atoms in total. The number of carbonyl (C=O) groups excluding carboxylic acids is 1. The predicted molar refractivity (Wildman–Crippen MR) is 161 cm³/mol. The van der Waals surface area contributed by atoms with E-state index < -0.39 is 5.60 Å². The van der Waals surface area contributed by atoms with Crippen molar-refractivity contribution in [3.8, 4) is 11.3 Å². The second kappa shape index (κ2) is 11.3. The predicted octanol–water partition coefficient (Wildman–Crippen LogP) is 4.83. The van der Waals surface area contributed by atoms with Crippen molar-refractivity contribution in [2.75, 3.05) is 24.5 Å². The number of rotatable bonds is 7. The molecule has 4 aromatic heterocycles. The first-order valence-electron chi connectivity index (χ1n) is 15.0. The Labute approximate surface area is 245 Å². The number of hydrogen-bond acceptors (Lipinski definition) is 7. The fourth-order valence-electron chi connectivity index (χ4n) is 5.95. The molecule has 42 heavy (non-hydrogen) atoms. The first-order valence-corrected chi connectivity index (χ1v) is 15.0. The molecule has 1 amide bonds. The fourth-order valence-corrected chi connectivity index (χ4v) is 5.95. The first kappa shape index (κ1) is 28.0. The standard InChI is InChI=1S/C31H40N8O3/c1-22(39-20-27(33-34-39)26-11-7-14-36-21-32-17-28(26)36)37-15-12-24(16-29(37)40)35-13-6-10-25(19-35)38(18-23-8-5-9-23)30(41)42-31(2,3)4/h7,11-12,14-17,20-23,25H,5-6,8-10,13,18-19H2,1-4H3/t22?,25-/m1/s1. The largest absolute Gasteiger partial charge is 0.444 e. The summed E-state index contributed by atoms with van der Waals surface area (Å²) >= 11 is 0. The minimum absolute atomic E-state index is 0.0457. The zero-order chi connectivity index (χ0) is 29.4. The van der Waals surface area contributed by atoms with Crippen LogP contribution in [-0.2, 0) is 4.74 Å². The third-order valence-corrected chi connectivity index (χ3v) is 8.47. The van der Waals surface area contributed by atoms with Crippen LogP contribution in [0.15, 0.2) is 60.2 Å². The number of ether oxygens (including phenoxy) is 1. The second-order valence-corrected chi connectivity index (χ2v) is 12.6. The number of amides is 1. The van der Waals surface area contributed by atoms with Gasteiger partial charge in [0, 0.05) is 49.3 Å². The molecule has 1 aliphatic carbocycles. The van der Waals surface area contributed by atoms with Crippen molar-refractivity contribution in [1.29, 1.82) is 0 Å². The molecule has 4 aromatic rings. The Kier molecular flexibility index (Phi) is 7.51. The van der Waals surface area contributed by atoms with Gasteiger partial charge in [-0.05, 0) is 77.5 Å². The van der Waals surface area contributed by atoms with Crippen LogP contribution in [0.25, 0.3) is 16.8 Å². The molecule has 1 aliphatic heterocycles. The summed E-state index contributed by atoms with van der Waals surface area (Å²) in [6.07, 6.45) is 14.0. The summed E-state index contributed by atoms with van der Waals surface area (Å²) in [7, 11) is 0. The van der Waals surface area contributed by atoms with E-state index in [1.165, 1.54) is 19.3 Å². The molecule has 11 heteroatoms. The van der Waals surface area contributed by atoms with Gasteiger partial charge in [0.1, 0.15) is 17.5 Å². The number of aromatic nitrogens is 6. The molecule has 1 saturated heterocycles. The van der Waals surface area contributed by atoms with E-state index in [1.807, 2.05) is 73.8 Å². The quantitative estimate of drug-likeness (QED) is 0.313. The Morgan fingerprint density at radius 3 is 2.74 bits per heavy atom. The minimum Gasteiger partial charge on any atom is -0.444 e. The number of imidazole rings is 1. The van der Waals surface area contributed by atoms with Crippen LogP contribution < -0.4 is 10.5 Å². The Morgan fingerprint density at radius 2 is 2.00 bits per heavy atom. The Bertz CT molecular complexity index is 1610. The summed E-state index contributed by atoms with van der Waals surface area (Å²) in [5.74, 6) is 0.545. The maximum Gasteiger partial charge on any atom is 0.410 e. The van der Waals surface area contributed by atoms with E-state index in [0.29, 0.717) is 18.2 Å². The van der Waals surface area contributed by atoms with Crippen molar-refractivity contribution < 1.29 is 9.53 Å². The lowest BCUT2D eigenvalue weighted by Crippen LogP contribution is -2.53. The lowest BCUT2D eigenvalue weighted by molar-refractivity contribution is 0.00736. The number of anilines is 1. The van der Waals surface area contributed by atoms with E-state index in [2.05, 4.69) is 20.2 Å². The van der Waals surface area contributed by atoms with E-state index in [-0.39, 0.29) is 23.9 Å². The van der Waals surface area contributed by atoms with Gasteiger partial charge in [0.2, 0.25) is 0 Å². The van der Waals surface area contributed by atoms with Gasteiger partial charge in [-0.2, -0.15) is 0 Å². The maximum atomic E-state index is 13.4. The number of pyridine rings is 2. The molecule has 6 rings (SSSR count). The average molecular weight is 573 g/mol. The smallest absolute Gasteiger partial charge is 0.410 e. The molecule has 2 fully saturated rings. The van der Waals surface area contributed by atoms with E-state index in [4.69, 9.17) is 4.74 Å². The SMILES string of the molecule is CC(n1cc(-c2cccn3cncc23)nn1)n1ccc(N2CCC[C@@H](N(CC3CCC3)C(=O)OC(C)(C)C)C2)cc1=O. The van der Waals surface area contributed by atoms with Gasteiger partial charge in [-0.15, -0.1) is 5.10 Å². The summed E-state index contributed by atoms with van der Waals surface area (Å²) in [5.41, 5.74) is 2.80. The van der Waals surface area contributed by atoms with Gasteiger partial charge < -0.3 is 18.9 Å². The van der Waals surface area contributed by atoms with Gasteiger partial charge in [-0.25, -0.2) is 14.5 Å². The van der Waals surface area contributed by atoms with E-state index in [9.17, 15) is 9.59 Å². The van der Waals surface area contributed by atoms with Crippen LogP contribution >= 0.6 is 0 Å². The van der Waals surface area contributed by atoms with Crippen LogP contribution in [0.2, 0.25) is 0 Å². The molecule has 0 bridgehead atoms. The molecule has 0 N–H and O–H groups in total. The highest BCUT2D eigenvalue weighted by Crippen LogP contribution is 2.31. The maximum absolute atomic E-state index is 13.4. The van der Waals surface area contributed by atoms with Gasteiger partial charge in [-0.3, -0.25) is 9.36 Å². The highest BCUT2D eigenvalue weighted by Gasteiger charge is 2.34. The van der Waals surface area contributed by atoms with Gasteiger partial charge in [-0.1, -0.05) is 11.6 Å². The summed E-state index contributed by atoms with van der Waals surface area (Å²) in [5, 5.41) is 8.72. The zero-order valence-electron chi connectivity index (χ0n) is 24.9. The van der Waals surface area contributed by atoms with Crippen molar-refractivity contribution in [2.45, 2.75) is 77.6 Å². The van der Waals surface area contributed by atoms with Gasteiger partial charge in [0.15, 0.2) is 0 Å². The van der Waals surface area contributed by atoms with Crippen molar-refractivity contribution in [1.82, 2.24) is 33.8 Å². The number of piperidine rings is 1. The second-order valence-electron chi connectivity index (χ2n) is 12.6. The molecule has 1 unspecified atom stereocenters. The molecule has 2 aliphatic rings. The van der Waals surface area contributed by atoms with Crippen LogP contribution in [0.1, 0.15) is 66.0 Å². The highest BCUT2D eigenvalue weighted by atomic mass is 16.6. The lowest BCUT2D eigenvalue weighted by atomic mass is 9.84. The van der Waals surface area contributed by atoms with Gasteiger partial charge in [0.05, 0.1) is 30.3 Å². The third-order valence-electron chi connectivity index (χ3n) is 8.47. The lowest BCUT2D eigenvalue weighted by Gasteiger charge is -2.43. The van der Waals surface area contributed by atoms with Crippen LogP contribution in [0.5, 0.6) is 0 Å². The molecule has 5 heterocycles. The van der Waals surface area contributed by atoms with E-state index in [1.54, 1.807) is 27.8 Å². The summed E-state index contributed by atoms with van der Waals surface area (Å²) < 4.78 is 11.1. The van der Waals surface area contributed by atoms with Crippen molar-refractivity contribution in [3.05, 3.63) is 65.7 Å². The van der Waals surface area contributed by atoms with E-state index >= 15 is 0 Å². The number of nitrogens with zero attached hydrogens (tertiary/aromatic N) is 8. The van der Waals surface area contributed by atoms with Gasteiger partial charge >= 0.3 is 6.09 Å². The first-order chi connectivity index (χ1) is 20.2.